The minimum atomic E-state index is -5.97. The Morgan fingerprint density at radius 1 is 1.17 bits per heavy atom. The van der Waals surface area contributed by atoms with E-state index in [2.05, 4.69) is 4.18 Å². The molecule has 0 saturated carbocycles. The van der Waals surface area contributed by atoms with Gasteiger partial charge < -0.3 is 0 Å². The van der Waals surface area contributed by atoms with Gasteiger partial charge in [-0.25, -0.2) is 8.42 Å². The summed E-state index contributed by atoms with van der Waals surface area (Å²) in [6.45, 7) is 3.34. The molecule has 0 saturated heterocycles. The minimum Gasteiger partial charge on any atom is -0.257 e. The molecule has 0 aliphatic carbocycles. The fourth-order valence-corrected chi connectivity index (χ4v) is 2.85. The molecule has 0 fully saturated rings. The van der Waals surface area contributed by atoms with Crippen LogP contribution in [-0.2, 0) is 24.5 Å². The summed E-state index contributed by atoms with van der Waals surface area (Å²) in [6.07, 6.45) is 0.881. The molecule has 18 heavy (non-hydrogen) atoms. The standard InChI is InChI=1S/C7H14F3NO5S2/c1-6(2)4-3-5-16-18(14,15)11-17(12,13)7(8,9)10/h6,11H,3-5H2,1-2H3. The van der Waals surface area contributed by atoms with E-state index in [1.807, 2.05) is 13.8 Å². The number of hydrogen-bond acceptors (Lipinski definition) is 5. The van der Waals surface area contributed by atoms with Crippen LogP contribution < -0.4 is 4.13 Å². The van der Waals surface area contributed by atoms with Crippen LogP contribution in [0.1, 0.15) is 26.7 Å². The van der Waals surface area contributed by atoms with Crippen molar-refractivity contribution in [2.24, 2.45) is 5.92 Å². The molecule has 0 bridgehead atoms. The Balaban J connectivity index is 4.43. The molecule has 1 N–H and O–H groups in total. The average molecular weight is 313 g/mol. The van der Waals surface area contributed by atoms with Gasteiger partial charge in [-0.3, -0.25) is 4.18 Å². The topological polar surface area (TPSA) is 89.5 Å². The number of sulfonamides is 1. The van der Waals surface area contributed by atoms with E-state index in [1.54, 1.807) is 0 Å². The Kier molecular flexibility index (Phi) is 6.04. The second kappa shape index (κ2) is 6.17. The molecule has 110 valence electrons. The number of nitrogens with one attached hydrogen (secondary N) is 1. The highest BCUT2D eigenvalue weighted by Crippen LogP contribution is 2.22. The van der Waals surface area contributed by atoms with Crippen LogP contribution >= 0.6 is 0 Å². The maximum Gasteiger partial charge on any atom is 0.512 e. The van der Waals surface area contributed by atoms with Gasteiger partial charge >= 0.3 is 25.8 Å². The van der Waals surface area contributed by atoms with E-state index < -0.39 is 25.8 Å². The predicted octanol–water partition coefficient (Wildman–Crippen LogP) is 1.12. The van der Waals surface area contributed by atoms with Crippen molar-refractivity contribution in [1.82, 2.24) is 4.13 Å². The number of rotatable bonds is 7. The molecule has 0 spiro atoms. The minimum absolute atomic E-state index is 0.267. The van der Waals surface area contributed by atoms with E-state index >= 15 is 0 Å². The van der Waals surface area contributed by atoms with Crippen LogP contribution in [0, 0.1) is 5.92 Å². The van der Waals surface area contributed by atoms with Gasteiger partial charge in [-0.2, -0.15) is 21.6 Å². The number of halogens is 3. The largest absolute Gasteiger partial charge is 0.512 e. The Morgan fingerprint density at radius 2 is 1.67 bits per heavy atom. The summed E-state index contributed by atoms with van der Waals surface area (Å²) in [4.78, 5) is 0. The molecule has 0 atom stereocenters. The van der Waals surface area contributed by atoms with Gasteiger partial charge in [0, 0.05) is 0 Å². The number of alkyl halides is 3. The molecule has 0 aromatic rings. The van der Waals surface area contributed by atoms with E-state index in [4.69, 9.17) is 0 Å². The van der Waals surface area contributed by atoms with Crippen molar-refractivity contribution in [2.75, 3.05) is 6.61 Å². The molecule has 0 aliphatic rings. The first-order valence-electron chi connectivity index (χ1n) is 4.86. The lowest BCUT2D eigenvalue weighted by atomic mass is 10.1. The first kappa shape index (κ1) is 17.6. The molecule has 0 aromatic carbocycles. The Morgan fingerprint density at radius 3 is 2.06 bits per heavy atom. The van der Waals surface area contributed by atoms with E-state index in [0.29, 0.717) is 10.5 Å². The van der Waals surface area contributed by atoms with Crippen molar-refractivity contribution in [3.05, 3.63) is 0 Å². The van der Waals surface area contributed by atoms with E-state index in [0.717, 1.165) is 0 Å². The van der Waals surface area contributed by atoms with Crippen LogP contribution in [-0.4, -0.2) is 29.0 Å². The molecule has 11 heteroatoms. The quantitative estimate of drug-likeness (QED) is 0.712. The molecule has 6 nitrogen and oxygen atoms in total. The van der Waals surface area contributed by atoms with Crippen molar-refractivity contribution >= 4 is 20.3 Å². The van der Waals surface area contributed by atoms with E-state index in [1.165, 1.54) is 0 Å². The molecule has 0 amide bonds. The maximum atomic E-state index is 11.9. The predicted molar refractivity (Wildman–Crippen MR) is 57.1 cm³/mol. The molecule has 0 heterocycles. The zero-order valence-electron chi connectivity index (χ0n) is 9.69. The molecular formula is C7H14F3NO5S2. The first-order chi connectivity index (χ1) is 7.87. The summed E-state index contributed by atoms with van der Waals surface area (Å²) in [7, 11) is -11.0. The summed E-state index contributed by atoms with van der Waals surface area (Å²) < 4.78 is 83.1. The van der Waals surface area contributed by atoms with Gasteiger partial charge in [0.05, 0.1) is 6.61 Å². The summed E-state index contributed by atoms with van der Waals surface area (Å²) in [6, 6.07) is 0. The van der Waals surface area contributed by atoms with Gasteiger partial charge in [0.2, 0.25) is 0 Å². The van der Waals surface area contributed by atoms with Gasteiger partial charge in [-0.05, 0) is 18.8 Å². The molecule has 0 rings (SSSR count). The van der Waals surface area contributed by atoms with Crippen LogP contribution in [0.4, 0.5) is 13.2 Å². The summed E-state index contributed by atoms with van der Waals surface area (Å²) >= 11 is 0. The lowest BCUT2D eigenvalue weighted by molar-refractivity contribution is -0.0442. The fourth-order valence-electron chi connectivity index (χ4n) is 0.866. The van der Waals surface area contributed by atoms with Crippen LogP contribution in [0.3, 0.4) is 0 Å². The highest BCUT2D eigenvalue weighted by molar-refractivity contribution is 8.03. The first-order valence-corrected chi connectivity index (χ1v) is 7.76. The van der Waals surface area contributed by atoms with Crippen LogP contribution in [0.2, 0.25) is 0 Å². The summed E-state index contributed by atoms with van der Waals surface area (Å²) in [5.41, 5.74) is -5.71. The van der Waals surface area contributed by atoms with Crippen molar-refractivity contribution in [3.8, 4) is 0 Å². The van der Waals surface area contributed by atoms with Crippen molar-refractivity contribution < 1.29 is 34.2 Å². The Labute approximate surface area is 104 Å². The monoisotopic (exact) mass is 313 g/mol. The SMILES string of the molecule is CC(C)CCCOS(=O)(=O)NS(=O)(=O)C(F)(F)F. The fraction of sp³-hybridized carbons (Fsp3) is 1.00. The lowest BCUT2D eigenvalue weighted by Crippen LogP contribution is -2.41. The average Bonchev–Trinajstić information content (AvgIpc) is 2.08. The van der Waals surface area contributed by atoms with Gasteiger partial charge in [0.1, 0.15) is 0 Å². The second-order valence-electron chi connectivity index (χ2n) is 3.84. The third kappa shape index (κ3) is 6.52. The molecule has 0 radical (unpaired) electrons. The van der Waals surface area contributed by atoms with Gasteiger partial charge in [-0.15, -0.1) is 0 Å². The van der Waals surface area contributed by atoms with Gasteiger partial charge in [0.25, 0.3) is 0 Å². The van der Waals surface area contributed by atoms with E-state index in [-0.39, 0.29) is 18.9 Å². The lowest BCUT2D eigenvalue weighted by Gasteiger charge is -2.10. The third-order valence-corrected chi connectivity index (χ3v) is 4.46. The molecular weight excluding hydrogens is 299 g/mol. The Bertz CT molecular complexity index is 454. The highest BCUT2D eigenvalue weighted by Gasteiger charge is 2.48. The number of hydrogen-bond donors (Lipinski definition) is 1. The second-order valence-corrected chi connectivity index (χ2v) is 7.13. The van der Waals surface area contributed by atoms with Crippen LogP contribution in [0.15, 0.2) is 0 Å². The smallest absolute Gasteiger partial charge is 0.257 e. The van der Waals surface area contributed by atoms with Gasteiger partial charge in [0.15, 0.2) is 0 Å². The molecule has 0 unspecified atom stereocenters. The van der Waals surface area contributed by atoms with Gasteiger partial charge in [-0.1, -0.05) is 18.0 Å². The third-order valence-electron chi connectivity index (χ3n) is 1.68. The van der Waals surface area contributed by atoms with Crippen LogP contribution in [0.25, 0.3) is 0 Å². The molecule has 0 aromatic heterocycles. The van der Waals surface area contributed by atoms with E-state index in [9.17, 15) is 30.0 Å². The normalized spacial score (nSPS) is 14.1. The summed E-state index contributed by atoms with van der Waals surface area (Å²) in [5.74, 6) is 0.267. The van der Waals surface area contributed by atoms with Crippen LogP contribution in [0.5, 0.6) is 0 Å². The zero-order valence-corrected chi connectivity index (χ0v) is 11.3. The zero-order chi connectivity index (χ0) is 14.6. The van der Waals surface area contributed by atoms with Crippen molar-refractivity contribution in [1.29, 1.82) is 0 Å². The van der Waals surface area contributed by atoms with Crippen molar-refractivity contribution in [3.63, 3.8) is 0 Å². The summed E-state index contributed by atoms with van der Waals surface area (Å²) in [5, 5.41) is 0. The van der Waals surface area contributed by atoms with Crippen molar-refractivity contribution in [2.45, 2.75) is 32.2 Å². The highest BCUT2D eigenvalue weighted by atomic mass is 32.3. The maximum absolute atomic E-state index is 11.9. The Hall–Kier alpha value is -0.390. The molecule has 0 aliphatic heterocycles.